The molecular weight excluding hydrogens is 352 g/mol. The molecule has 0 aromatic heterocycles. The Morgan fingerprint density at radius 1 is 1.04 bits per heavy atom. The summed E-state index contributed by atoms with van der Waals surface area (Å²) >= 11 is 0. The van der Waals surface area contributed by atoms with Gasteiger partial charge in [0, 0.05) is 37.7 Å². The van der Waals surface area contributed by atoms with E-state index in [0.717, 1.165) is 5.56 Å². The highest BCUT2D eigenvalue weighted by Gasteiger charge is 2.41. The lowest BCUT2D eigenvalue weighted by Crippen LogP contribution is -2.39. The number of hydrogen-bond donors (Lipinski definition) is 0. The maximum absolute atomic E-state index is 13.2. The molecule has 1 fully saturated rings. The monoisotopic (exact) mass is 380 g/mol. The molecule has 0 unspecified atom stereocenters. The molecule has 5 heteroatoms. The predicted molar refractivity (Wildman–Crippen MR) is 109 cm³/mol. The summed E-state index contributed by atoms with van der Waals surface area (Å²) in [6, 6.07) is 17.2. The van der Waals surface area contributed by atoms with E-state index in [4.69, 9.17) is 4.74 Å². The Bertz CT molecular complexity index is 818. The molecule has 1 aliphatic heterocycles. The van der Waals surface area contributed by atoms with Crippen LogP contribution in [0.25, 0.3) is 0 Å². The number of likely N-dealkylation sites (tertiary alicyclic amines) is 1. The summed E-state index contributed by atoms with van der Waals surface area (Å²) in [5, 5.41) is 0. The van der Waals surface area contributed by atoms with Crippen LogP contribution >= 0.6 is 0 Å². The molecule has 1 aliphatic rings. The Kier molecular flexibility index (Phi) is 6.34. The third kappa shape index (κ3) is 4.03. The number of ether oxygens (including phenoxy) is 1. The fraction of sp³-hybridized carbons (Fsp3) is 0.391. The molecule has 0 N–H and O–H groups in total. The molecule has 148 valence electrons. The molecule has 3 rings (SSSR count). The Labute approximate surface area is 166 Å². The summed E-state index contributed by atoms with van der Waals surface area (Å²) in [4.78, 5) is 29.9. The zero-order chi connectivity index (χ0) is 20.1. The third-order valence-corrected chi connectivity index (χ3v) is 5.54. The van der Waals surface area contributed by atoms with E-state index >= 15 is 0 Å². The highest BCUT2D eigenvalue weighted by Crippen LogP contribution is 2.35. The Hall–Kier alpha value is -2.82. The van der Waals surface area contributed by atoms with Crippen LogP contribution in [0.15, 0.2) is 54.6 Å². The second kappa shape index (κ2) is 8.91. The van der Waals surface area contributed by atoms with Gasteiger partial charge in [0.15, 0.2) is 0 Å². The average Bonchev–Trinajstić information content (AvgIpc) is 3.20. The van der Waals surface area contributed by atoms with Crippen molar-refractivity contribution < 1.29 is 14.3 Å². The molecule has 1 heterocycles. The van der Waals surface area contributed by atoms with Crippen LogP contribution in [0.5, 0.6) is 5.75 Å². The van der Waals surface area contributed by atoms with Crippen LogP contribution in [-0.2, 0) is 4.79 Å². The van der Waals surface area contributed by atoms with E-state index in [1.165, 1.54) is 0 Å². The number of methoxy groups -OCH3 is 1. The van der Waals surface area contributed by atoms with Gasteiger partial charge in [-0.05, 0) is 37.6 Å². The highest BCUT2D eigenvalue weighted by molar-refractivity contribution is 5.95. The zero-order valence-electron chi connectivity index (χ0n) is 16.8. The lowest BCUT2D eigenvalue weighted by atomic mass is 9.88. The molecule has 28 heavy (non-hydrogen) atoms. The summed E-state index contributed by atoms with van der Waals surface area (Å²) in [6.45, 7) is 6.32. The topological polar surface area (TPSA) is 49.9 Å². The number of carbonyl (C=O) groups excluding carboxylic acids is 2. The van der Waals surface area contributed by atoms with Crippen molar-refractivity contribution in [2.24, 2.45) is 5.92 Å². The van der Waals surface area contributed by atoms with E-state index in [-0.39, 0.29) is 23.7 Å². The molecule has 2 amide bonds. The zero-order valence-corrected chi connectivity index (χ0v) is 16.8. The van der Waals surface area contributed by atoms with Crippen molar-refractivity contribution in [2.45, 2.75) is 19.8 Å². The number of amides is 2. The van der Waals surface area contributed by atoms with Crippen molar-refractivity contribution in [2.75, 3.05) is 33.3 Å². The Morgan fingerprint density at radius 3 is 2.39 bits per heavy atom. The van der Waals surface area contributed by atoms with Crippen molar-refractivity contribution >= 4 is 11.8 Å². The summed E-state index contributed by atoms with van der Waals surface area (Å²) in [5.74, 6) is 0.496. The number of hydrogen-bond acceptors (Lipinski definition) is 3. The molecule has 0 saturated carbocycles. The number of nitrogens with zero attached hydrogens (tertiary/aromatic N) is 2. The van der Waals surface area contributed by atoms with Gasteiger partial charge in [0.05, 0.1) is 13.0 Å². The van der Waals surface area contributed by atoms with E-state index in [0.29, 0.717) is 37.5 Å². The lowest BCUT2D eigenvalue weighted by Gasteiger charge is -2.25. The number of benzene rings is 2. The van der Waals surface area contributed by atoms with Crippen molar-refractivity contribution in [1.29, 1.82) is 0 Å². The SMILES string of the molecule is CCN(CC)C(=O)[C@H]1CN(C(=O)c2cccc(OC)c2)C[C@@H]1c1ccccc1. The van der Waals surface area contributed by atoms with E-state index in [2.05, 4.69) is 0 Å². The standard InChI is InChI=1S/C23H28N2O3/c1-4-24(5-2)23(27)21-16-25(15-20(21)17-10-7-6-8-11-17)22(26)18-12-9-13-19(14-18)28-3/h6-14,20-21H,4-5,15-16H2,1-3H3/t20-,21+/m1/s1. The van der Waals surface area contributed by atoms with Gasteiger partial charge in [-0.3, -0.25) is 9.59 Å². The lowest BCUT2D eigenvalue weighted by molar-refractivity contribution is -0.135. The van der Waals surface area contributed by atoms with Gasteiger partial charge in [0.25, 0.3) is 5.91 Å². The van der Waals surface area contributed by atoms with Crippen molar-refractivity contribution in [1.82, 2.24) is 9.80 Å². The van der Waals surface area contributed by atoms with Gasteiger partial charge >= 0.3 is 0 Å². The predicted octanol–water partition coefficient (Wildman–Crippen LogP) is 3.42. The summed E-state index contributed by atoms with van der Waals surface area (Å²) in [5.41, 5.74) is 1.69. The second-order valence-electron chi connectivity index (χ2n) is 7.08. The van der Waals surface area contributed by atoms with Crippen LogP contribution in [0.2, 0.25) is 0 Å². The summed E-state index contributed by atoms with van der Waals surface area (Å²) < 4.78 is 5.25. The normalized spacial score (nSPS) is 18.8. The van der Waals surface area contributed by atoms with E-state index < -0.39 is 0 Å². The smallest absolute Gasteiger partial charge is 0.254 e. The molecule has 0 bridgehead atoms. The molecular formula is C23H28N2O3. The minimum Gasteiger partial charge on any atom is -0.497 e. The van der Waals surface area contributed by atoms with Crippen molar-refractivity contribution in [3.05, 3.63) is 65.7 Å². The van der Waals surface area contributed by atoms with Crippen LogP contribution in [0.4, 0.5) is 0 Å². The summed E-state index contributed by atoms with van der Waals surface area (Å²) in [7, 11) is 1.59. The minimum absolute atomic E-state index is 0.00357. The molecule has 0 aliphatic carbocycles. The Morgan fingerprint density at radius 2 is 1.75 bits per heavy atom. The second-order valence-corrected chi connectivity index (χ2v) is 7.08. The molecule has 0 radical (unpaired) electrons. The van der Waals surface area contributed by atoms with Crippen LogP contribution in [0.3, 0.4) is 0 Å². The molecule has 5 nitrogen and oxygen atoms in total. The largest absolute Gasteiger partial charge is 0.497 e. The van der Waals surface area contributed by atoms with Gasteiger partial charge < -0.3 is 14.5 Å². The first kappa shape index (κ1) is 19.9. The molecule has 1 saturated heterocycles. The van der Waals surface area contributed by atoms with Crippen LogP contribution in [0.1, 0.15) is 35.7 Å². The third-order valence-electron chi connectivity index (χ3n) is 5.54. The first-order chi connectivity index (χ1) is 13.6. The van der Waals surface area contributed by atoms with Gasteiger partial charge in [0.1, 0.15) is 5.75 Å². The summed E-state index contributed by atoms with van der Waals surface area (Å²) in [6.07, 6.45) is 0. The van der Waals surface area contributed by atoms with Crippen molar-refractivity contribution in [3.63, 3.8) is 0 Å². The fourth-order valence-electron chi connectivity index (χ4n) is 3.97. The molecule has 2 aromatic rings. The average molecular weight is 380 g/mol. The van der Waals surface area contributed by atoms with Crippen LogP contribution < -0.4 is 4.74 Å². The first-order valence-electron chi connectivity index (χ1n) is 9.86. The quantitative estimate of drug-likeness (QED) is 0.772. The van der Waals surface area contributed by atoms with Gasteiger partial charge in [-0.15, -0.1) is 0 Å². The minimum atomic E-state index is -0.225. The molecule has 2 atom stereocenters. The molecule has 2 aromatic carbocycles. The maximum atomic E-state index is 13.2. The number of carbonyl (C=O) groups is 2. The van der Waals surface area contributed by atoms with Gasteiger partial charge in [0.2, 0.25) is 5.91 Å². The fourth-order valence-corrected chi connectivity index (χ4v) is 3.97. The van der Waals surface area contributed by atoms with E-state index in [9.17, 15) is 9.59 Å². The highest BCUT2D eigenvalue weighted by atomic mass is 16.5. The van der Waals surface area contributed by atoms with Gasteiger partial charge in [-0.25, -0.2) is 0 Å². The van der Waals surface area contributed by atoms with Crippen LogP contribution in [0, 0.1) is 5.92 Å². The van der Waals surface area contributed by atoms with Gasteiger partial charge in [-0.1, -0.05) is 36.4 Å². The van der Waals surface area contributed by atoms with E-state index in [1.54, 1.807) is 24.1 Å². The number of rotatable bonds is 6. The van der Waals surface area contributed by atoms with E-state index in [1.807, 2.05) is 61.2 Å². The first-order valence-corrected chi connectivity index (χ1v) is 9.86. The van der Waals surface area contributed by atoms with Crippen LogP contribution in [-0.4, -0.2) is 54.9 Å². The van der Waals surface area contributed by atoms with Gasteiger partial charge in [-0.2, -0.15) is 0 Å². The molecule has 0 spiro atoms. The maximum Gasteiger partial charge on any atom is 0.254 e. The van der Waals surface area contributed by atoms with Crippen molar-refractivity contribution in [3.8, 4) is 5.75 Å². The Balaban J connectivity index is 1.88.